The lowest BCUT2D eigenvalue weighted by atomic mass is 10.1. The van der Waals surface area contributed by atoms with Crippen LogP contribution in [0.3, 0.4) is 0 Å². The number of H-pyrrole nitrogens is 1. The maximum Gasteiger partial charge on any atom is 0.275 e. The van der Waals surface area contributed by atoms with Crippen molar-refractivity contribution in [3.63, 3.8) is 0 Å². The van der Waals surface area contributed by atoms with Gasteiger partial charge in [0.05, 0.1) is 12.0 Å². The molecule has 4 aromatic rings. The molecule has 0 aliphatic heterocycles. The molecule has 0 radical (unpaired) electrons. The molecule has 0 aliphatic carbocycles. The number of aromatic amines is 1. The zero-order valence-corrected chi connectivity index (χ0v) is 17.2. The van der Waals surface area contributed by atoms with Gasteiger partial charge in [0.15, 0.2) is 11.5 Å². The third kappa shape index (κ3) is 5.09. The van der Waals surface area contributed by atoms with Gasteiger partial charge in [-0.15, -0.1) is 0 Å². The van der Waals surface area contributed by atoms with E-state index in [0.29, 0.717) is 18.1 Å². The summed E-state index contributed by atoms with van der Waals surface area (Å²) >= 11 is 0. The predicted molar refractivity (Wildman–Crippen MR) is 113 cm³/mol. The number of benzene rings is 1. The highest BCUT2D eigenvalue weighted by Crippen LogP contribution is 2.21. The molecule has 8 heteroatoms. The first-order valence-electron chi connectivity index (χ1n) is 10.2. The Labute approximate surface area is 178 Å². The number of nitrogens with zero attached hydrogens (tertiary/aromatic N) is 3. The lowest BCUT2D eigenvalue weighted by molar-refractivity contribution is 0.0782. The molecule has 0 unspecified atom stereocenters. The van der Waals surface area contributed by atoms with Gasteiger partial charge in [-0.05, 0) is 49.6 Å². The smallest absolute Gasteiger partial charge is 0.275 e. The maximum absolute atomic E-state index is 13.4. The number of rotatable bonds is 9. The van der Waals surface area contributed by atoms with Crippen molar-refractivity contribution in [1.29, 1.82) is 0 Å². The fraction of sp³-hybridized carbons (Fsp3) is 0.261. The van der Waals surface area contributed by atoms with Crippen molar-refractivity contribution in [2.24, 2.45) is 0 Å². The number of halogens is 1. The fourth-order valence-electron chi connectivity index (χ4n) is 3.33. The molecule has 31 heavy (non-hydrogen) atoms. The Morgan fingerprint density at radius 1 is 1.10 bits per heavy atom. The summed E-state index contributed by atoms with van der Waals surface area (Å²) in [6, 6.07) is 13.4. The number of carbonyl (C=O) groups excluding carboxylic acids is 1. The number of hydrogen-bond donors (Lipinski definition) is 1. The van der Waals surface area contributed by atoms with E-state index in [-0.39, 0.29) is 17.4 Å². The number of amides is 1. The molecule has 7 nitrogen and oxygen atoms in total. The van der Waals surface area contributed by atoms with Crippen molar-refractivity contribution in [2.75, 3.05) is 13.6 Å². The molecule has 3 heterocycles. The van der Waals surface area contributed by atoms with E-state index in [1.165, 1.54) is 18.4 Å². The largest absolute Gasteiger partial charge is 0.461 e. The van der Waals surface area contributed by atoms with Crippen molar-refractivity contribution < 1.29 is 18.1 Å². The Balaban J connectivity index is 1.20. The Kier molecular flexibility index (Phi) is 6.26. The van der Waals surface area contributed by atoms with Crippen LogP contribution in [0.1, 0.15) is 35.4 Å². The molecule has 3 aromatic heterocycles. The molecule has 0 atom stereocenters. The minimum atomic E-state index is -0.275. The van der Waals surface area contributed by atoms with Crippen molar-refractivity contribution in [1.82, 2.24) is 20.3 Å². The maximum atomic E-state index is 13.4. The number of unbranched alkanes of at least 4 members (excludes halogenated alkanes) is 2. The summed E-state index contributed by atoms with van der Waals surface area (Å²) in [5, 5.41) is 11.1. The minimum absolute atomic E-state index is 0.185. The molecular formula is C23H23FN4O3. The Hall–Kier alpha value is -3.68. The van der Waals surface area contributed by atoms with Crippen LogP contribution in [-0.4, -0.2) is 39.8 Å². The average molecular weight is 422 g/mol. The number of hydrogen-bond acceptors (Lipinski definition) is 5. The summed E-state index contributed by atoms with van der Waals surface area (Å²) in [5.41, 5.74) is 2.76. The van der Waals surface area contributed by atoms with Crippen molar-refractivity contribution in [2.45, 2.75) is 25.7 Å². The van der Waals surface area contributed by atoms with Crippen LogP contribution in [-0.2, 0) is 6.42 Å². The van der Waals surface area contributed by atoms with Gasteiger partial charge in [0, 0.05) is 30.9 Å². The third-order valence-corrected chi connectivity index (χ3v) is 5.03. The lowest BCUT2D eigenvalue weighted by Crippen LogP contribution is -2.28. The van der Waals surface area contributed by atoms with Crippen molar-refractivity contribution in [3.8, 4) is 22.8 Å². The van der Waals surface area contributed by atoms with Gasteiger partial charge in [0.1, 0.15) is 5.82 Å². The molecular weight excluding hydrogens is 399 g/mol. The van der Waals surface area contributed by atoms with Crippen LogP contribution in [0.2, 0.25) is 0 Å². The molecule has 1 N–H and O–H groups in total. The van der Waals surface area contributed by atoms with Gasteiger partial charge in [0.2, 0.25) is 5.76 Å². The number of aryl methyl sites for hydroxylation is 1. The van der Waals surface area contributed by atoms with Gasteiger partial charge in [-0.3, -0.25) is 9.89 Å². The molecule has 0 saturated heterocycles. The molecule has 0 saturated carbocycles. The molecule has 0 fully saturated rings. The van der Waals surface area contributed by atoms with E-state index >= 15 is 0 Å². The first-order valence-corrected chi connectivity index (χ1v) is 10.2. The highest BCUT2D eigenvalue weighted by atomic mass is 19.1. The van der Waals surface area contributed by atoms with E-state index in [0.717, 1.165) is 42.6 Å². The van der Waals surface area contributed by atoms with E-state index < -0.39 is 0 Å². The molecule has 0 bridgehead atoms. The van der Waals surface area contributed by atoms with Crippen LogP contribution in [0.4, 0.5) is 4.39 Å². The highest BCUT2D eigenvalue weighted by Gasteiger charge is 2.18. The second-order valence-corrected chi connectivity index (χ2v) is 7.38. The topological polar surface area (TPSA) is 88.2 Å². The normalized spacial score (nSPS) is 11.0. The SMILES string of the molecule is CN(CCCCCc1cc(-c2cccc(F)c2)n[nH]1)C(=O)c1cc(-c2ccco2)on1. The summed E-state index contributed by atoms with van der Waals surface area (Å²) in [6.07, 6.45) is 5.17. The average Bonchev–Trinajstić information content (AvgIpc) is 3.54. The fourth-order valence-corrected chi connectivity index (χ4v) is 3.33. The third-order valence-electron chi connectivity index (χ3n) is 5.03. The van der Waals surface area contributed by atoms with Crippen molar-refractivity contribution >= 4 is 5.91 Å². The molecule has 1 amide bonds. The Bertz CT molecular complexity index is 1130. The number of furan rings is 1. The van der Waals surface area contributed by atoms with Gasteiger partial charge >= 0.3 is 0 Å². The number of carbonyl (C=O) groups is 1. The number of aromatic nitrogens is 3. The minimum Gasteiger partial charge on any atom is -0.461 e. The van der Waals surface area contributed by atoms with Gasteiger partial charge in [-0.1, -0.05) is 23.7 Å². The molecule has 0 spiro atoms. The second-order valence-electron chi connectivity index (χ2n) is 7.38. The summed E-state index contributed by atoms with van der Waals surface area (Å²) < 4.78 is 23.8. The van der Waals surface area contributed by atoms with Gasteiger partial charge < -0.3 is 13.8 Å². The van der Waals surface area contributed by atoms with Crippen LogP contribution >= 0.6 is 0 Å². The van der Waals surface area contributed by atoms with E-state index in [2.05, 4.69) is 15.4 Å². The quantitative estimate of drug-likeness (QED) is 0.386. The van der Waals surface area contributed by atoms with Crippen LogP contribution in [0, 0.1) is 5.82 Å². The van der Waals surface area contributed by atoms with Crippen LogP contribution in [0.15, 0.2) is 63.7 Å². The van der Waals surface area contributed by atoms with E-state index in [1.54, 1.807) is 36.2 Å². The van der Waals surface area contributed by atoms with Gasteiger partial charge in [-0.2, -0.15) is 5.10 Å². The number of nitrogens with one attached hydrogen (secondary N) is 1. The van der Waals surface area contributed by atoms with E-state index in [1.807, 2.05) is 12.1 Å². The zero-order valence-electron chi connectivity index (χ0n) is 17.2. The summed E-state index contributed by atoms with van der Waals surface area (Å²) in [4.78, 5) is 14.1. The highest BCUT2D eigenvalue weighted by molar-refractivity contribution is 5.92. The predicted octanol–water partition coefficient (Wildman–Crippen LogP) is 4.95. The van der Waals surface area contributed by atoms with Crippen molar-refractivity contribution in [3.05, 3.63) is 72.0 Å². The summed E-state index contributed by atoms with van der Waals surface area (Å²) in [5.74, 6) is 0.505. The monoisotopic (exact) mass is 422 g/mol. The van der Waals surface area contributed by atoms with E-state index in [9.17, 15) is 9.18 Å². The molecule has 1 aromatic carbocycles. The second kappa shape index (κ2) is 9.42. The molecule has 160 valence electrons. The Morgan fingerprint density at radius 3 is 2.81 bits per heavy atom. The molecule has 4 rings (SSSR count). The van der Waals surface area contributed by atoms with Gasteiger partial charge in [-0.25, -0.2) is 4.39 Å². The zero-order chi connectivity index (χ0) is 21.6. The summed E-state index contributed by atoms with van der Waals surface area (Å²) in [7, 11) is 1.75. The first kappa shape index (κ1) is 20.6. The first-order chi connectivity index (χ1) is 15.1. The Morgan fingerprint density at radius 2 is 2.00 bits per heavy atom. The summed E-state index contributed by atoms with van der Waals surface area (Å²) in [6.45, 7) is 0.624. The van der Waals surface area contributed by atoms with Crippen LogP contribution in [0.5, 0.6) is 0 Å². The van der Waals surface area contributed by atoms with Crippen LogP contribution < -0.4 is 0 Å². The van der Waals surface area contributed by atoms with E-state index in [4.69, 9.17) is 8.94 Å². The standard InChI is InChI=1S/C23H23FN4O3/c1-28(23(29)20-15-22(31-27-20)21-10-6-12-30-21)11-4-2-3-9-18-14-19(26-25-18)16-7-5-8-17(24)13-16/h5-8,10,12-15H,2-4,9,11H2,1H3,(H,25,26). The van der Waals surface area contributed by atoms with Gasteiger partial charge in [0.25, 0.3) is 5.91 Å². The lowest BCUT2D eigenvalue weighted by Gasteiger charge is -2.15. The molecule has 0 aliphatic rings. The van der Waals surface area contributed by atoms with Crippen LogP contribution in [0.25, 0.3) is 22.8 Å².